The number of ether oxygens (including phenoxy) is 1. The Balaban J connectivity index is 1.68. The van der Waals surface area contributed by atoms with Crippen molar-refractivity contribution in [3.8, 4) is 0 Å². The first-order chi connectivity index (χ1) is 14.6. The van der Waals surface area contributed by atoms with E-state index in [2.05, 4.69) is 22.5 Å². The number of carbonyl (C=O) groups excluding carboxylic acids is 2. The van der Waals surface area contributed by atoms with Crippen LogP contribution in [0.3, 0.4) is 0 Å². The molecule has 2 aromatic rings. The summed E-state index contributed by atoms with van der Waals surface area (Å²) in [5, 5.41) is 6.81. The zero-order chi connectivity index (χ0) is 21.3. The van der Waals surface area contributed by atoms with E-state index in [1.807, 2.05) is 48.5 Å². The van der Waals surface area contributed by atoms with Gasteiger partial charge in [0.15, 0.2) is 0 Å². The molecular formula is C23H25N3O3S. The number of anilines is 2. The number of rotatable bonds is 7. The molecule has 1 amide bonds. The monoisotopic (exact) mass is 423 g/mol. The maximum absolute atomic E-state index is 12.4. The molecule has 1 aliphatic rings. The van der Waals surface area contributed by atoms with E-state index in [0.29, 0.717) is 17.3 Å². The predicted octanol–water partition coefficient (Wildman–Crippen LogP) is 4.91. The van der Waals surface area contributed by atoms with Gasteiger partial charge in [-0.2, -0.15) is 0 Å². The molecule has 6 nitrogen and oxygen atoms in total. The number of nitrogens with one attached hydrogen (secondary N) is 2. The summed E-state index contributed by atoms with van der Waals surface area (Å²) in [6, 6.07) is 15.4. The molecule has 1 heterocycles. The zero-order valence-electron chi connectivity index (χ0n) is 17.1. The van der Waals surface area contributed by atoms with Crippen LogP contribution in [0.2, 0.25) is 0 Å². The average molecular weight is 424 g/mol. The lowest BCUT2D eigenvalue weighted by Crippen LogP contribution is -2.15. The quantitative estimate of drug-likeness (QED) is 0.619. The molecule has 30 heavy (non-hydrogen) atoms. The van der Waals surface area contributed by atoms with Gasteiger partial charge in [0.05, 0.1) is 35.2 Å². The standard InChI is InChI=1S/C23H25N3O3S/c1-3-16-9-11-17(12-10-16)25-21(27)15-30-22-13-18(14-23(28)29-4-2)24-19-7-5-6-8-20(19)26-22/h5-13,24H,3-4,14-15H2,1-2H3,(H,25,27). The van der Waals surface area contributed by atoms with Gasteiger partial charge < -0.3 is 15.4 Å². The van der Waals surface area contributed by atoms with E-state index in [-0.39, 0.29) is 24.1 Å². The first-order valence-corrected chi connectivity index (χ1v) is 10.9. The van der Waals surface area contributed by atoms with Gasteiger partial charge in [-0.25, -0.2) is 4.99 Å². The van der Waals surface area contributed by atoms with Gasteiger partial charge in [-0.1, -0.05) is 43.0 Å². The molecule has 0 radical (unpaired) electrons. The van der Waals surface area contributed by atoms with Crippen molar-refractivity contribution in [2.24, 2.45) is 4.99 Å². The van der Waals surface area contributed by atoms with Gasteiger partial charge in [0.2, 0.25) is 5.91 Å². The number of hydrogen-bond acceptors (Lipinski definition) is 6. The second kappa shape index (κ2) is 10.6. The third kappa shape index (κ3) is 6.22. The summed E-state index contributed by atoms with van der Waals surface area (Å²) in [5.74, 6) is -0.217. The van der Waals surface area contributed by atoms with Crippen molar-refractivity contribution in [1.82, 2.24) is 0 Å². The van der Waals surface area contributed by atoms with Crippen LogP contribution in [0, 0.1) is 0 Å². The van der Waals surface area contributed by atoms with Crippen molar-refractivity contribution in [1.29, 1.82) is 0 Å². The Morgan fingerprint density at radius 2 is 1.87 bits per heavy atom. The predicted molar refractivity (Wildman–Crippen MR) is 123 cm³/mol. The second-order valence-electron chi connectivity index (χ2n) is 6.63. The molecule has 0 bridgehead atoms. The molecule has 1 aliphatic heterocycles. The van der Waals surface area contributed by atoms with Gasteiger partial charge in [0.1, 0.15) is 0 Å². The highest BCUT2D eigenvalue weighted by atomic mass is 32.2. The Morgan fingerprint density at radius 3 is 2.60 bits per heavy atom. The van der Waals surface area contributed by atoms with E-state index >= 15 is 0 Å². The van der Waals surface area contributed by atoms with Crippen LogP contribution in [-0.2, 0) is 20.7 Å². The number of esters is 1. The second-order valence-corrected chi connectivity index (χ2v) is 7.63. The van der Waals surface area contributed by atoms with E-state index < -0.39 is 0 Å². The summed E-state index contributed by atoms with van der Waals surface area (Å²) in [4.78, 5) is 29.0. The Labute approximate surface area is 180 Å². The van der Waals surface area contributed by atoms with Crippen molar-refractivity contribution in [3.63, 3.8) is 0 Å². The lowest BCUT2D eigenvalue weighted by atomic mass is 10.1. The van der Waals surface area contributed by atoms with Gasteiger partial charge in [-0.15, -0.1) is 0 Å². The number of aliphatic imine (C=N–C) groups is 1. The number of nitrogens with zero attached hydrogens (tertiary/aromatic N) is 1. The summed E-state index contributed by atoms with van der Waals surface area (Å²) >= 11 is 1.32. The molecule has 0 saturated heterocycles. The van der Waals surface area contributed by atoms with Crippen LogP contribution in [-0.4, -0.2) is 29.3 Å². The summed E-state index contributed by atoms with van der Waals surface area (Å²) < 4.78 is 5.06. The molecule has 0 unspecified atom stereocenters. The lowest BCUT2D eigenvalue weighted by Gasteiger charge is -2.10. The van der Waals surface area contributed by atoms with E-state index in [4.69, 9.17) is 4.74 Å². The Bertz CT molecular complexity index is 968. The van der Waals surface area contributed by atoms with Gasteiger partial charge in [0.25, 0.3) is 0 Å². The summed E-state index contributed by atoms with van der Waals surface area (Å²) in [5.41, 5.74) is 4.24. The maximum atomic E-state index is 12.4. The normalized spacial score (nSPS) is 12.6. The minimum absolute atomic E-state index is 0.109. The highest BCUT2D eigenvalue weighted by molar-refractivity contribution is 8.14. The first kappa shape index (κ1) is 21.6. The zero-order valence-corrected chi connectivity index (χ0v) is 17.9. The number of para-hydroxylation sites is 2. The van der Waals surface area contributed by atoms with Crippen LogP contribution < -0.4 is 10.6 Å². The molecule has 2 N–H and O–H groups in total. The highest BCUT2D eigenvalue weighted by Crippen LogP contribution is 2.31. The number of amides is 1. The van der Waals surface area contributed by atoms with Crippen molar-refractivity contribution >= 4 is 45.7 Å². The largest absolute Gasteiger partial charge is 0.466 e. The van der Waals surface area contributed by atoms with Crippen LogP contribution in [0.5, 0.6) is 0 Å². The van der Waals surface area contributed by atoms with Crippen molar-refractivity contribution in [2.45, 2.75) is 26.7 Å². The molecule has 0 aliphatic carbocycles. The number of hydrogen-bond donors (Lipinski definition) is 2. The third-order valence-electron chi connectivity index (χ3n) is 4.36. The number of fused-ring (bicyclic) bond motifs is 1. The van der Waals surface area contributed by atoms with E-state index in [1.54, 1.807) is 13.0 Å². The highest BCUT2D eigenvalue weighted by Gasteiger charge is 2.15. The molecule has 0 spiro atoms. The van der Waals surface area contributed by atoms with Crippen LogP contribution in [0.25, 0.3) is 0 Å². The Hall–Kier alpha value is -3.06. The smallest absolute Gasteiger partial charge is 0.311 e. The minimum atomic E-state index is -0.312. The van der Waals surface area contributed by atoms with Gasteiger partial charge in [-0.05, 0) is 49.2 Å². The Kier molecular flexibility index (Phi) is 7.68. The fourth-order valence-electron chi connectivity index (χ4n) is 2.88. The summed E-state index contributed by atoms with van der Waals surface area (Å²) in [7, 11) is 0. The molecule has 3 rings (SSSR count). The minimum Gasteiger partial charge on any atom is -0.466 e. The van der Waals surface area contributed by atoms with Gasteiger partial charge in [-0.3, -0.25) is 9.59 Å². The molecule has 0 atom stereocenters. The molecule has 7 heteroatoms. The maximum Gasteiger partial charge on any atom is 0.311 e. The van der Waals surface area contributed by atoms with Crippen LogP contribution in [0.4, 0.5) is 17.1 Å². The van der Waals surface area contributed by atoms with Crippen molar-refractivity contribution in [2.75, 3.05) is 23.0 Å². The fourth-order valence-corrected chi connectivity index (χ4v) is 3.62. The summed E-state index contributed by atoms with van der Waals surface area (Å²) in [6.07, 6.45) is 2.86. The Morgan fingerprint density at radius 1 is 1.10 bits per heavy atom. The third-order valence-corrected chi connectivity index (χ3v) is 5.28. The summed E-state index contributed by atoms with van der Waals surface area (Å²) in [6.45, 7) is 4.20. The average Bonchev–Trinajstić information content (AvgIpc) is 2.91. The molecule has 0 aromatic heterocycles. The molecular weight excluding hydrogens is 398 g/mol. The van der Waals surface area contributed by atoms with Crippen LogP contribution in [0.15, 0.2) is 65.3 Å². The van der Waals surface area contributed by atoms with Crippen molar-refractivity contribution in [3.05, 3.63) is 65.9 Å². The molecule has 0 saturated carbocycles. The van der Waals surface area contributed by atoms with Crippen LogP contribution in [0.1, 0.15) is 25.8 Å². The topological polar surface area (TPSA) is 79.8 Å². The number of thioether (sulfide) groups is 1. The first-order valence-electron chi connectivity index (χ1n) is 9.90. The molecule has 156 valence electrons. The van der Waals surface area contributed by atoms with Crippen molar-refractivity contribution < 1.29 is 14.3 Å². The van der Waals surface area contributed by atoms with E-state index in [9.17, 15) is 9.59 Å². The lowest BCUT2D eigenvalue weighted by molar-refractivity contribution is -0.142. The number of carbonyl (C=O) groups is 2. The number of benzene rings is 2. The van der Waals surface area contributed by atoms with Crippen LogP contribution >= 0.6 is 11.8 Å². The molecule has 0 fully saturated rings. The molecule has 2 aromatic carbocycles. The number of aryl methyl sites for hydroxylation is 1. The van der Waals surface area contributed by atoms with Gasteiger partial charge in [0, 0.05) is 11.4 Å². The SMILES string of the molecule is CCOC(=O)CC1=CC(SCC(=O)Nc2ccc(CC)cc2)=Nc2ccccc2N1. The van der Waals surface area contributed by atoms with E-state index in [0.717, 1.165) is 23.5 Å². The van der Waals surface area contributed by atoms with Gasteiger partial charge >= 0.3 is 5.97 Å². The fraction of sp³-hybridized carbons (Fsp3) is 0.261. The van der Waals surface area contributed by atoms with E-state index in [1.165, 1.54) is 17.3 Å².